The number of likely N-dealkylation sites (tertiary alicyclic amines) is 1. The standard InChI is InChI=1S/C18H26N4OS/c1-14-19-18(24-20-14)21(2)12-15-8-10-22(11-9-15)13-17(23)16-6-4-3-5-7-16/h3-7,15,17,23H,8-13H2,1-2H3/t17-/m0/s1. The van der Waals surface area contributed by atoms with Crippen LogP contribution in [0.25, 0.3) is 0 Å². The fourth-order valence-electron chi connectivity index (χ4n) is 3.28. The van der Waals surface area contributed by atoms with Crippen LogP contribution in [0.5, 0.6) is 0 Å². The van der Waals surface area contributed by atoms with E-state index < -0.39 is 6.10 Å². The first kappa shape index (κ1) is 17.3. The topological polar surface area (TPSA) is 52.5 Å². The van der Waals surface area contributed by atoms with Gasteiger partial charge in [0.25, 0.3) is 0 Å². The Hall–Kier alpha value is -1.50. The van der Waals surface area contributed by atoms with Gasteiger partial charge in [0.05, 0.1) is 6.10 Å². The van der Waals surface area contributed by atoms with Crippen LogP contribution in [-0.4, -0.2) is 52.6 Å². The van der Waals surface area contributed by atoms with Crippen LogP contribution >= 0.6 is 11.5 Å². The molecule has 24 heavy (non-hydrogen) atoms. The Kier molecular flexibility index (Phi) is 5.81. The molecule has 1 aliphatic heterocycles. The number of piperidine rings is 1. The molecule has 6 heteroatoms. The summed E-state index contributed by atoms with van der Waals surface area (Å²) in [5.74, 6) is 1.54. The van der Waals surface area contributed by atoms with Gasteiger partial charge in [0.15, 0.2) is 0 Å². The molecule has 0 amide bonds. The van der Waals surface area contributed by atoms with Crippen LogP contribution in [-0.2, 0) is 0 Å². The lowest BCUT2D eigenvalue weighted by molar-refractivity contribution is 0.0902. The summed E-state index contributed by atoms with van der Waals surface area (Å²) >= 11 is 1.47. The van der Waals surface area contributed by atoms with Gasteiger partial charge in [-0.15, -0.1) is 0 Å². The zero-order chi connectivity index (χ0) is 16.9. The van der Waals surface area contributed by atoms with Gasteiger partial charge in [-0.3, -0.25) is 0 Å². The summed E-state index contributed by atoms with van der Waals surface area (Å²) in [4.78, 5) is 9.06. The number of nitrogens with zero attached hydrogens (tertiary/aromatic N) is 4. The molecule has 1 fully saturated rings. The van der Waals surface area contributed by atoms with Crippen molar-refractivity contribution in [3.8, 4) is 0 Å². The van der Waals surface area contributed by atoms with E-state index in [2.05, 4.69) is 26.2 Å². The average Bonchev–Trinajstić information content (AvgIpc) is 3.04. The maximum atomic E-state index is 10.4. The molecular formula is C18H26N4OS. The normalized spacial score (nSPS) is 17.8. The minimum Gasteiger partial charge on any atom is -0.387 e. The lowest BCUT2D eigenvalue weighted by atomic mass is 9.96. The van der Waals surface area contributed by atoms with Gasteiger partial charge in [0.1, 0.15) is 5.82 Å². The van der Waals surface area contributed by atoms with Crippen LogP contribution in [0, 0.1) is 12.8 Å². The zero-order valence-corrected chi connectivity index (χ0v) is 15.2. The lowest BCUT2D eigenvalue weighted by Crippen LogP contribution is -2.39. The number of β-amino-alcohol motifs (C(OH)–C–C–N with tert-alkyl or cyclic N) is 1. The van der Waals surface area contributed by atoms with Crippen molar-refractivity contribution in [2.75, 3.05) is 38.1 Å². The molecule has 0 radical (unpaired) electrons. The van der Waals surface area contributed by atoms with Crippen molar-refractivity contribution in [2.24, 2.45) is 5.92 Å². The summed E-state index contributed by atoms with van der Waals surface area (Å²) in [5.41, 5.74) is 1.01. The van der Waals surface area contributed by atoms with Crippen molar-refractivity contribution in [3.63, 3.8) is 0 Å². The van der Waals surface area contributed by atoms with Crippen LogP contribution in [0.4, 0.5) is 5.13 Å². The zero-order valence-electron chi connectivity index (χ0n) is 14.4. The molecule has 0 saturated carbocycles. The Labute approximate surface area is 148 Å². The second-order valence-corrected chi connectivity index (χ2v) is 7.41. The third-order valence-electron chi connectivity index (χ3n) is 4.70. The SMILES string of the molecule is Cc1nsc(N(C)CC2CCN(C[C@H](O)c3ccccc3)CC2)n1. The number of aliphatic hydroxyl groups is 1. The number of benzene rings is 1. The molecule has 5 nitrogen and oxygen atoms in total. The van der Waals surface area contributed by atoms with E-state index in [4.69, 9.17) is 0 Å². The number of hydrogen-bond acceptors (Lipinski definition) is 6. The van der Waals surface area contributed by atoms with Crippen LogP contribution in [0.15, 0.2) is 30.3 Å². The van der Waals surface area contributed by atoms with E-state index in [9.17, 15) is 5.11 Å². The highest BCUT2D eigenvalue weighted by Gasteiger charge is 2.23. The maximum absolute atomic E-state index is 10.4. The molecule has 130 valence electrons. The van der Waals surface area contributed by atoms with Crippen molar-refractivity contribution < 1.29 is 5.11 Å². The van der Waals surface area contributed by atoms with Gasteiger partial charge >= 0.3 is 0 Å². The summed E-state index contributed by atoms with van der Waals surface area (Å²) in [6, 6.07) is 9.94. The molecule has 1 atom stereocenters. The Bertz CT molecular complexity index is 625. The van der Waals surface area contributed by atoms with Crippen molar-refractivity contribution in [1.29, 1.82) is 0 Å². The number of aliphatic hydroxyl groups excluding tert-OH is 1. The third-order valence-corrected chi connectivity index (χ3v) is 5.62. The number of aryl methyl sites for hydroxylation is 1. The molecule has 3 rings (SSSR count). The molecule has 0 unspecified atom stereocenters. The monoisotopic (exact) mass is 346 g/mol. The van der Waals surface area contributed by atoms with Gasteiger partial charge < -0.3 is 14.9 Å². The first-order valence-electron chi connectivity index (χ1n) is 8.58. The van der Waals surface area contributed by atoms with Crippen LogP contribution in [0.2, 0.25) is 0 Å². The van der Waals surface area contributed by atoms with Crippen LogP contribution in [0.1, 0.15) is 30.3 Å². The van der Waals surface area contributed by atoms with E-state index in [0.717, 1.165) is 42.7 Å². The van der Waals surface area contributed by atoms with Gasteiger partial charge in [-0.1, -0.05) is 30.3 Å². The summed E-state index contributed by atoms with van der Waals surface area (Å²) < 4.78 is 4.26. The predicted octanol–water partition coefficient (Wildman–Crippen LogP) is 2.73. The molecule has 1 aliphatic rings. The highest BCUT2D eigenvalue weighted by atomic mass is 32.1. The van der Waals surface area contributed by atoms with E-state index in [1.807, 2.05) is 37.3 Å². The van der Waals surface area contributed by atoms with Gasteiger partial charge in [0.2, 0.25) is 5.13 Å². The molecular weight excluding hydrogens is 320 g/mol. The van der Waals surface area contributed by atoms with Gasteiger partial charge in [-0.25, -0.2) is 4.98 Å². The third kappa shape index (κ3) is 4.53. The minimum atomic E-state index is -0.394. The van der Waals surface area contributed by atoms with E-state index in [0.29, 0.717) is 5.92 Å². The summed E-state index contributed by atoms with van der Waals surface area (Å²) in [6.07, 6.45) is 1.95. The van der Waals surface area contributed by atoms with Crippen molar-refractivity contribution in [1.82, 2.24) is 14.3 Å². The summed E-state index contributed by atoms with van der Waals surface area (Å²) in [6.45, 7) is 5.80. The first-order valence-corrected chi connectivity index (χ1v) is 9.36. The molecule has 1 aromatic carbocycles. The Morgan fingerprint density at radius 2 is 2.00 bits per heavy atom. The Balaban J connectivity index is 1.44. The smallest absolute Gasteiger partial charge is 0.204 e. The molecule has 1 N–H and O–H groups in total. The predicted molar refractivity (Wildman–Crippen MR) is 98.5 cm³/mol. The molecule has 2 aromatic rings. The van der Waals surface area contributed by atoms with E-state index in [-0.39, 0.29) is 0 Å². The van der Waals surface area contributed by atoms with E-state index in [1.165, 1.54) is 24.4 Å². The number of rotatable bonds is 6. The number of hydrogen-bond donors (Lipinski definition) is 1. The van der Waals surface area contributed by atoms with Crippen molar-refractivity contribution in [2.45, 2.75) is 25.9 Å². The fraction of sp³-hybridized carbons (Fsp3) is 0.556. The number of anilines is 1. The van der Waals surface area contributed by atoms with E-state index >= 15 is 0 Å². The first-order chi connectivity index (χ1) is 11.6. The van der Waals surface area contributed by atoms with Crippen LogP contribution < -0.4 is 4.90 Å². The molecule has 0 spiro atoms. The van der Waals surface area contributed by atoms with Gasteiger partial charge in [-0.05, 0) is 44.3 Å². The average molecular weight is 347 g/mol. The molecule has 2 heterocycles. The quantitative estimate of drug-likeness (QED) is 0.872. The minimum absolute atomic E-state index is 0.394. The van der Waals surface area contributed by atoms with Gasteiger partial charge in [0, 0.05) is 31.7 Å². The molecule has 0 aliphatic carbocycles. The van der Waals surface area contributed by atoms with Crippen molar-refractivity contribution in [3.05, 3.63) is 41.7 Å². The van der Waals surface area contributed by atoms with Gasteiger partial charge in [-0.2, -0.15) is 4.37 Å². The Morgan fingerprint density at radius 1 is 1.29 bits per heavy atom. The van der Waals surface area contributed by atoms with Crippen molar-refractivity contribution >= 4 is 16.7 Å². The highest BCUT2D eigenvalue weighted by Crippen LogP contribution is 2.24. The fourth-order valence-corrected chi connectivity index (χ4v) is 3.92. The second kappa shape index (κ2) is 8.05. The largest absolute Gasteiger partial charge is 0.387 e. The van der Waals surface area contributed by atoms with Crippen LogP contribution in [0.3, 0.4) is 0 Å². The highest BCUT2D eigenvalue weighted by molar-refractivity contribution is 7.09. The van der Waals surface area contributed by atoms with E-state index in [1.54, 1.807) is 0 Å². The lowest BCUT2D eigenvalue weighted by Gasteiger charge is -2.34. The molecule has 1 aromatic heterocycles. The number of aromatic nitrogens is 2. The second-order valence-electron chi connectivity index (χ2n) is 6.68. The summed E-state index contributed by atoms with van der Waals surface area (Å²) in [5, 5.41) is 11.4. The maximum Gasteiger partial charge on any atom is 0.204 e. The Morgan fingerprint density at radius 3 is 2.62 bits per heavy atom. The summed E-state index contributed by atoms with van der Waals surface area (Å²) in [7, 11) is 2.10. The molecule has 0 bridgehead atoms. The molecule has 1 saturated heterocycles.